The Balaban J connectivity index is 2.42. The van der Waals surface area contributed by atoms with Gasteiger partial charge in [0.2, 0.25) is 0 Å². The fraction of sp³-hybridized carbons (Fsp3) is 0.200. The third kappa shape index (κ3) is 2.71. The fourth-order valence-electron chi connectivity index (χ4n) is 2.07. The number of benzene rings is 1. The lowest BCUT2D eigenvalue weighted by Gasteiger charge is -2.07. The summed E-state index contributed by atoms with van der Waals surface area (Å²) in [5.74, 6) is 0.536. The van der Waals surface area contributed by atoms with Crippen LogP contribution in [-0.2, 0) is 11.8 Å². The highest BCUT2D eigenvalue weighted by Crippen LogP contribution is 2.22. The van der Waals surface area contributed by atoms with E-state index in [1.807, 2.05) is 32.0 Å². The molecular formula is C15H16N4O. The molecule has 102 valence electrons. The predicted octanol–water partition coefficient (Wildman–Crippen LogP) is 2.12. The minimum Gasteiger partial charge on any atom is -0.298 e. The predicted molar refractivity (Wildman–Crippen MR) is 77.8 cm³/mol. The summed E-state index contributed by atoms with van der Waals surface area (Å²) in [6, 6.07) is 5.96. The molecule has 2 rings (SSSR count). The highest BCUT2D eigenvalue weighted by atomic mass is 16.1. The second-order valence-electron chi connectivity index (χ2n) is 4.69. The summed E-state index contributed by atoms with van der Waals surface area (Å²) in [6.07, 6.45) is 2.53. The van der Waals surface area contributed by atoms with Gasteiger partial charge in [-0.2, -0.15) is 0 Å². The Labute approximate surface area is 117 Å². The standard InChI is InChI=1S/C15H16N4O/c1-10-5-6-14(11(2)7-10)13(9-20)8-12(3)15-16-17-18-19(15)4/h5-9H,3H2,1-2,4H3. The van der Waals surface area contributed by atoms with Gasteiger partial charge in [0, 0.05) is 18.2 Å². The van der Waals surface area contributed by atoms with Crippen molar-refractivity contribution in [2.75, 3.05) is 0 Å². The second-order valence-corrected chi connectivity index (χ2v) is 4.69. The van der Waals surface area contributed by atoms with Gasteiger partial charge < -0.3 is 0 Å². The number of carbonyl (C=O) groups is 1. The van der Waals surface area contributed by atoms with Crippen molar-refractivity contribution in [1.29, 1.82) is 0 Å². The number of aromatic nitrogens is 4. The number of nitrogens with zero attached hydrogens (tertiary/aromatic N) is 4. The van der Waals surface area contributed by atoms with Crippen LogP contribution in [0.1, 0.15) is 22.5 Å². The normalized spacial score (nSPS) is 11.4. The molecule has 0 spiro atoms. The van der Waals surface area contributed by atoms with Gasteiger partial charge in [-0.1, -0.05) is 30.3 Å². The third-order valence-electron chi connectivity index (χ3n) is 3.06. The fourth-order valence-corrected chi connectivity index (χ4v) is 2.07. The summed E-state index contributed by atoms with van der Waals surface area (Å²) >= 11 is 0. The maximum atomic E-state index is 11.4. The van der Waals surface area contributed by atoms with E-state index in [9.17, 15) is 4.79 Å². The van der Waals surface area contributed by atoms with Gasteiger partial charge >= 0.3 is 0 Å². The molecule has 0 atom stereocenters. The van der Waals surface area contributed by atoms with E-state index < -0.39 is 0 Å². The summed E-state index contributed by atoms with van der Waals surface area (Å²) in [5, 5.41) is 11.2. The lowest BCUT2D eigenvalue weighted by Crippen LogP contribution is -1.98. The Bertz CT molecular complexity index is 698. The summed E-state index contributed by atoms with van der Waals surface area (Å²) in [6.45, 7) is 7.92. The first-order valence-electron chi connectivity index (χ1n) is 6.19. The van der Waals surface area contributed by atoms with Gasteiger partial charge in [0.25, 0.3) is 0 Å². The maximum absolute atomic E-state index is 11.4. The molecule has 0 saturated heterocycles. The number of hydrogen-bond acceptors (Lipinski definition) is 4. The van der Waals surface area contributed by atoms with Crippen LogP contribution >= 0.6 is 0 Å². The quantitative estimate of drug-likeness (QED) is 0.484. The van der Waals surface area contributed by atoms with E-state index in [2.05, 4.69) is 22.1 Å². The molecule has 0 amide bonds. The lowest BCUT2D eigenvalue weighted by molar-refractivity contribution is -0.103. The van der Waals surface area contributed by atoms with Gasteiger partial charge in [0.1, 0.15) is 0 Å². The van der Waals surface area contributed by atoms with E-state index in [0.29, 0.717) is 17.0 Å². The molecule has 0 aliphatic carbocycles. The van der Waals surface area contributed by atoms with Crippen molar-refractivity contribution in [3.8, 4) is 0 Å². The molecule has 5 heteroatoms. The molecule has 1 heterocycles. The van der Waals surface area contributed by atoms with E-state index in [1.165, 1.54) is 4.68 Å². The summed E-state index contributed by atoms with van der Waals surface area (Å²) in [4.78, 5) is 11.4. The third-order valence-corrected chi connectivity index (χ3v) is 3.06. The molecule has 20 heavy (non-hydrogen) atoms. The van der Waals surface area contributed by atoms with Gasteiger partial charge in [-0.25, -0.2) is 4.68 Å². The van der Waals surface area contributed by atoms with Crippen molar-refractivity contribution in [3.63, 3.8) is 0 Å². The topological polar surface area (TPSA) is 60.7 Å². The highest BCUT2D eigenvalue weighted by molar-refractivity contribution is 6.10. The zero-order chi connectivity index (χ0) is 14.7. The van der Waals surface area contributed by atoms with Crippen molar-refractivity contribution in [1.82, 2.24) is 20.2 Å². The Morgan fingerprint density at radius 3 is 2.65 bits per heavy atom. The maximum Gasteiger partial charge on any atom is 0.181 e. The van der Waals surface area contributed by atoms with Crippen LogP contribution in [0.5, 0.6) is 0 Å². The van der Waals surface area contributed by atoms with E-state index >= 15 is 0 Å². The molecule has 2 aromatic rings. The van der Waals surface area contributed by atoms with Crippen LogP contribution in [-0.4, -0.2) is 26.5 Å². The molecule has 0 aliphatic heterocycles. The highest BCUT2D eigenvalue weighted by Gasteiger charge is 2.09. The number of aryl methyl sites for hydroxylation is 3. The average Bonchev–Trinajstić information content (AvgIpc) is 2.83. The van der Waals surface area contributed by atoms with Crippen molar-refractivity contribution in [2.45, 2.75) is 13.8 Å². The van der Waals surface area contributed by atoms with Crippen LogP contribution in [0.4, 0.5) is 0 Å². The Hall–Kier alpha value is -2.56. The molecule has 0 N–H and O–H groups in total. The van der Waals surface area contributed by atoms with Gasteiger partial charge in [-0.3, -0.25) is 4.79 Å². The molecule has 1 aromatic heterocycles. The van der Waals surface area contributed by atoms with Gasteiger partial charge in [-0.15, -0.1) is 5.10 Å². The van der Waals surface area contributed by atoms with Gasteiger partial charge in [0.15, 0.2) is 12.1 Å². The monoisotopic (exact) mass is 268 g/mol. The molecule has 0 fully saturated rings. The Morgan fingerprint density at radius 2 is 2.10 bits per heavy atom. The first-order valence-corrected chi connectivity index (χ1v) is 6.19. The number of rotatable bonds is 4. The smallest absolute Gasteiger partial charge is 0.181 e. The number of tetrazole rings is 1. The van der Waals surface area contributed by atoms with Crippen molar-refractivity contribution in [2.24, 2.45) is 7.05 Å². The van der Waals surface area contributed by atoms with Crippen LogP contribution in [0.15, 0.2) is 30.9 Å². The second kappa shape index (κ2) is 5.61. The minimum absolute atomic E-state index is 0.536. The summed E-state index contributed by atoms with van der Waals surface area (Å²) in [5.41, 5.74) is 4.26. The minimum atomic E-state index is 0.536. The molecule has 1 aromatic carbocycles. The van der Waals surface area contributed by atoms with Crippen LogP contribution in [0.3, 0.4) is 0 Å². The number of hydrogen-bond donors (Lipinski definition) is 0. The van der Waals surface area contributed by atoms with Crippen LogP contribution in [0.25, 0.3) is 11.1 Å². The summed E-state index contributed by atoms with van der Waals surface area (Å²) in [7, 11) is 1.73. The first kappa shape index (κ1) is 13.9. The lowest BCUT2D eigenvalue weighted by atomic mass is 9.98. The molecule has 0 radical (unpaired) electrons. The first-order chi connectivity index (χ1) is 9.52. The number of allylic oxidation sites excluding steroid dienone is 3. The van der Waals surface area contributed by atoms with Crippen molar-refractivity contribution >= 4 is 17.4 Å². The molecule has 0 saturated carbocycles. The molecule has 0 unspecified atom stereocenters. The van der Waals surface area contributed by atoms with Crippen molar-refractivity contribution in [3.05, 3.63) is 53.4 Å². The zero-order valence-electron chi connectivity index (χ0n) is 11.8. The van der Waals surface area contributed by atoms with Gasteiger partial charge in [0.05, 0.1) is 0 Å². The zero-order valence-corrected chi connectivity index (χ0v) is 11.8. The summed E-state index contributed by atoms with van der Waals surface area (Å²) < 4.78 is 1.52. The Morgan fingerprint density at radius 1 is 1.35 bits per heavy atom. The van der Waals surface area contributed by atoms with Crippen LogP contribution in [0.2, 0.25) is 0 Å². The molecule has 0 bridgehead atoms. The number of aldehydes is 1. The van der Waals surface area contributed by atoms with Crippen LogP contribution in [0, 0.1) is 13.8 Å². The molecule has 5 nitrogen and oxygen atoms in total. The van der Waals surface area contributed by atoms with Crippen LogP contribution < -0.4 is 0 Å². The largest absolute Gasteiger partial charge is 0.298 e. The SMILES string of the molecule is C=C(C=C(C=O)c1ccc(C)cc1C)c1nnnn1C. The molecular weight excluding hydrogens is 252 g/mol. The van der Waals surface area contributed by atoms with Crippen molar-refractivity contribution < 1.29 is 4.79 Å². The van der Waals surface area contributed by atoms with E-state index in [1.54, 1.807) is 13.1 Å². The Kier molecular flexibility index (Phi) is 3.89. The van der Waals surface area contributed by atoms with E-state index in [4.69, 9.17) is 0 Å². The van der Waals surface area contributed by atoms with E-state index in [-0.39, 0.29) is 0 Å². The molecule has 0 aliphatic rings. The van der Waals surface area contributed by atoms with Gasteiger partial charge in [-0.05, 0) is 41.5 Å². The number of carbonyl (C=O) groups excluding carboxylic acids is 1. The van der Waals surface area contributed by atoms with E-state index in [0.717, 1.165) is 23.0 Å². The average molecular weight is 268 g/mol.